The zero-order valence-electron chi connectivity index (χ0n) is 11.5. The zero-order chi connectivity index (χ0) is 14.8. The van der Waals surface area contributed by atoms with E-state index in [1.807, 2.05) is 6.92 Å². The Kier molecular flexibility index (Phi) is 7.74. The second-order valence-corrected chi connectivity index (χ2v) is 4.49. The molecule has 0 aromatic carbocycles. The summed E-state index contributed by atoms with van der Waals surface area (Å²) in [6.45, 7) is 5.11. The van der Waals surface area contributed by atoms with Gasteiger partial charge in [0.05, 0.1) is 25.2 Å². The van der Waals surface area contributed by atoms with E-state index in [2.05, 4.69) is 9.97 Å². The number of esters is 2. The summed E-state index contributed by atoms with van der Waals surface area (Å²) < 4.78 is 14.8. The van der Waals surface area contributed by atoms with Crippen LogP contribution in [0.25, 0.3) is 0 Å². The Balaban J connectivity index is 2.28. The summed E-state index contributed by atoms with van der Waals surface area (Å²) in [5.74, 6) is -0.711. The lowest BCUT2D eigenvalue weighted by molar-refractivity contribution is -0.141. The van der Waals surface area contributed by atoms with Crippen molar-refractivity contribution in [3.63, 3.8) is 0 Å². The summed E-state index contributed by atoms with van der Waals surface area (Å²) in [6, 6.07) is 0. The maximum Gasteiger partial charge on any atom is 0.356 e. The standard InChI is InChI=1S/C12H18N2O5S/c1-3-17-5-6-19-10(15)8-20-12-13-7-9(14-12)11(16)18-4-2/h7H,3-6,8H2,1-2H3,(H,13,14). The minimum absolute atomic E-state index is 0.113. The molecule has 0 saturated heterocycles. The Bertz CT molecular complexity index is 435. The third-order valence-electron chi connectivity index (χ3n) is 2.07. The van der Waals surface area contributed by atoms with Crippen molar-refractivity contribution in [2.75, 3.05) is 32.2 Å². The lowest BCUT2D eigenvalue weighted by Gasteiger charge is -2.03. The van der Waals surface area contributed by atoms with Crippen LogP contribution in [0, 0.1) is 0 Å². The maximum absolute atomic E-state index is 11.4. The first kappa shape index (κ1) is 16.5. The molecule has 0 radical (unpaired) electrons. The average Bonchev–Trinajstić information content (AvgIpc) is 2.90. The van der Waals surface area contributed by atoms with Crippen LogP contribution in [-0.4, -0.2) is 54.1 Å². The van der Waals surface area contributed by atoms with Gasteiger partial charge in [-0.3, -0.25) is 4.79 Å². The Morgan fingerprint density at radius 3 is 2.75 bits per heavy atom. The maximum atomic E-state index is 11.4. The van der Waals surface area contributed by atoms with Crippen molar-refractivity contribution in [3.05, 3.63) is 11.9 Å². The molecule has 1 heterocycles. The molecule has 8 heteroatoms. The molecule has 0 atom stereocenters. The highest BCUT2D eigenvalue weighted by Crippen LogP contribution is 2.14. The second kappa shape index (κ2) is 9.38. The second-order valence-electron chi connectivity index (χ2n) is 3.53. The highest BCUT2D eigenvalue weighted by atomic mass is 32.2. The summed E-state index contributed by atoms with van der Waals surface area (Å²) in [5.41, 5.74) is 0.263. The Hall–Kier alpha value is -1.54. The van der Waals surface area contributed by atoms with Gasteiger partial charge in [0.15, 0.2) is 5.16 Å². The molecule has 7 nitrogen and oxygen atoms in total. The summed E-state index contributed by atoms with van der Waals surface area (Å²) in [6.07, 6.45) is 1.38. The third kappa shape index (κ3) is 6.07. The van der Waals surface area contributed by atoms with Gasteiger partial charge in [0.1, 0.15) is 12.3 Å². The van der Waals surface area contributed by atoms with Crippen LogP contribution in [0.5, 0.6) is 0 Å². The van der Waals surface area contributed by atoms with E-state index in [1.54, 1.807) is 6.92 Å². The van der Waals surface area contributed by atoms with E-state index in [1.165, 1.54) is 6.20 Å². The largest absolute Gasteiger partial charge is 0.463 e. The number of aromatic amines is 1. The zero-order valence-corrected chi connectivity index (χ0v) is 12.3. The van der Waals surface area contributed by atoms with Crippen molar-refractivity contribution < 1.29 is 23.8 Å². The Morgan fingerprint density at radius 1 is 1.25 bits per heavy atom. The fourth-order valence-corrected chi connectivity index (χ4v) is 1.86. The number of aromatic nitrogens is 2. The summed E-state index contributed by atoms with van der Waals surface area (Å²) in [5, 5.41) is 0.467. The Labute approximate surface area is 121 Å². The van der Waals surface area contributed by atoms with Gasteiger partial charge in [-0.1, -0.05) is 11.8 Å². The molecule has 0 bridgehead atoms. The predicted octanol–water partition coefficient (Wildman–Crippen LogP) is 1.26. The number of nitrogens with zero attached hydrogens (tertiary/aromatic N) is 1. The topological polar surface area (TPSA) is 90.5 Å². The van der Waals surface area contributed by atoms with Crippen LogP contribution in [0.1, 0.15) is 24.3 Å². The monoisotopic (exact) mass is 302 g/mol. The van der Waals surface area contributed by atoms with E-state index in [-0.39, 0.29) is 24.0 Å². The molecule has 0 aliphatic rings. The number of hydrogen-bond donors (Lipinski definition) is 1. The summed E-state index contributed by atoms with van der Waals surface area (Å²) in [7, 11) is 0. The van der Waals surface area contributed by atoms with Crippen molar-refractivity contribution in [1.29, 1.82) is 0 Å². The molecule has 1 aromatic rings. The number of thioether (sulfide) groups is 1. The van der Waals surface area contributed by atoms with E-state index in [0.29, 0.717) is 25.0 Å². The molecule has 0 aliphatic carbocycles. The van der Waals surface area contributed by atoms with E-state index < -0.39 is 5.97 Å². The van der Waals surface area contributed by atoms with Crippen molar-refractivity contribution in [1.82, 2.24) is 9.97 Å². The molecule has 1 N–H and O–H groups in total. The quantitative estimate of drug-likeness (QED) is 0.417. The van der Waals surface area contributed by atoms with Crippen LogP contribution in [0.15, 0.2) is 11.4 Å². The first-order valence-corrected chi connectivity index (χ1v) is 7.24. The van der Waals surface area contributed by atoms with Crippen LogP contribution >= 0.6 is 11.8 Å². The van der Waals surface area contributed by atoms with Gasteiger partial charge in [-0.05, 0) is 13.8 Å². The van der Waals surface area contributed by atoms with E-state index in [0.717, 1.165) is 11.8 Å². The van der Waals surface area contributed by atoms with Crippen LogP contribution in [0.3, 0.4) is 0 Å². The van der Waals surface area contributed by atoms with Crippen molar-refractivity contribution in [2.24, 2.45) is 0 Å². The van der Waals surface area contributed by atoms with Gasteiger partial charge in [-0.15, -0.1) is 0 Å². The van der Waals surface area contributed by atoms with Gasteiger partial charge in [-0.25, -0.2) is 9.78 Å². The molecule has 0 amide bonds. The molecule has 0 saturated carbocycles. The number of ether oxygens (including phenoxy) is 3. The number of rotatable bonds is 9. The van der Waals surface area contributed by atoms with Crippen LogP contribution in [-0.2, 0) is 19.0 Å². The number of carbonyl (C=O) groups is 2. The molecule has 1 aromatic heterocycles. The first-order chi connectivity index (χ1) is 9.67. The Morgan fingerprint density at radius 2 is 2.05 bits per heavy atom. The fraction of sp³-hybridized carbons (Fsp3) is 0.583. The van der Waals surface area contributed by atoms with Gasteiger partial charge < -0.3 is 19.2 Å². The fourth-order valence-electron chi connectivity index (χ4n) is 1.22. The SMILES string of the molecule is CCOCCOC(=O)CSc1ncc(C(=O)OCC)[nH]1. The van der Waals surface area contributed by atoms with E-state index in [4.69, 9.17) is 14.2 Å². The van der Waals surface area contributed by atoms with E-state index >= 15 is 0 Å². The molecular weight excluding hydrogens is 284 g/mol. The number of carbonyl (C=O) groups excluding carboxylic acids is 2. The minimum Gasteiger partial charge on any atom is -0.463 e. The molecule has 112 valence electrons. The highest BCUT2D eigenvalue weighted by molar-refractivity contribution is 7.99. The summed E-state index contributed by atoms with van der Waals surface area (Å²) in [4.78, 5) is 29.5. The normalized spacial score (nSPS) is 10.3. The van der Waals surface area contributed by atoms with Gasteiger partial charge in [-0.2, -0.15) is 0 Å². The predicted molar refractivity (Wildman–Crippen MR) is 72.7 cm³/mol. The van der Waals surface area contributed by atoms with E-state index in [9.17, 15) is 9.59 Å². The lowest BCUT2D eigenvalue weighted by atomic mass is 10.5. The van der Waals surface area contributed by atoms with Gasteiger partial charge >= 0.3 is 11.9 Å². The molecule has 1 rings (SSSR count). The van der Waals surface area contributed by atoms with Crippen LogP contribution in [0.2, 0.25) is 0 Å². The number of H-pyrrole nitrogens is 1. The minimum atomic E-state index is -0.467. The van der Waals surface area contributed by atoms with Gasteiger partial charge in [0.2, 0.25) is 0 Å². The average molecular weight is 302 g/mol. The molecular formula is C12H18N2O5S. The molecule has 0 aliphatic heterocycles. The number of hydrogen-bond acceptors (Lipinski definition) is 7. The first-order valence-electron chi connectivity index (χ1n) is 6.25. The number of nitrogens with one attached hydrogen (secondary N) is 1. The van der Waals surface area contributed by atoms with Gasteiger partial charge in [0.25, 0.3) is 0 Å². The lowest BCUT2D eigenvalue weighted by Crippen LogP contribution is -2.12. The van der Waals surface area contributed by atoms with Crippen LogP contribution < -0.4 is 0 Å². The van der Waals surface area contributed by atoms with Crippen molar-refractivity contribution in [3.8, 4) is 0 Å². The van der Waals surface area contributed by atoms with Crippen molar-refractivity contribution in [2.45, 2.75) is 19.0 Å². The molecule has 20 heavy (non-hydrogen) atoms. The molecule has 0 unspecified atom stereocenters. The third-order valence-corrected chi connectivity index (χ3v) is 2.93. The molecule has 0 spiro atoms. The number of imidazole rings is 1. The van der Waals surface area contributed by atoms with Crippen LogP contribution in [0.4, 0.5) is 0 Å². The molecule has 0 fully saturated rings. The summed E-state index contributed by atoms with van der Waals surface area (Å²) >= 11 is 1.16. The highest BCUT2D eigenvalue weighted by Gasteiger charge is 2.12. The van der Waals surface area contributed by atoms with Gasteiger partial charge in [0, 0.05) is 6.61 Å². The van der Waals surface area contributed by atoms with Crippen molar-refractivity contribution >= 4 is 23.7 Å². The smallest absolute Gasteiger partial charge is 0.356 e.